The Labute approximate surface area is 64.5 Å². The van der Waals surface area contributed by atoms with Crippen LogP contribution in [0.15, 0.2) is 11.6 Å². The molecule has 0 bridgehead atoms. The fourth-order valence-corrected chi connectivity index (χ4v) is 0.959. The van der Waals surface area contributed by atoms with E-state index in [0.717, 1.165) is 6.54 Å². The zero-order valence-electron chi connectivity index (χ0n) is 7.41. The van der Waals surface area contributed by atoms with Gasteiger partial charge in [-0.15, -0.1) is 0 Å². The van der Waals surface area contributed by atoms with Crippen LogP contribution in [-0.2, 0) is 0 Å². The second-order valence-corrected chi connectivity index (χ2v) is 2.69. The van der Waals surface area contributed by atoms with E-state index in [0.29, 0.717) is 0 Å². The van der Waals surface area contributed by atoms with E-state index in [2.05, 4.69) is 25.2 Å². The summed E-state index contributed by atoms with van der Waals surface area (Å²) in [6.07, 6.45) is 6.01. The Balaban J connectivity index is 3.28. The maximum Gasteiger partial charge on any atom is -0.00172 e. The Morgan fingerprint density at radius 3 is 2.70 bits per heavy atom. The molecule has 0 aromatic carbocycles. The molecule has 0 aliphatic heterocycles. The Hall–Kier alpha value is -0.300. The summed E-state index contributed by atoms with van der Waals surface area (Å²) in [7, 11) is 1.99. The first-order valence-electron chi connectivity index (χ1n) is 4.11. The van der Waals surface area contributed by atoms with Gasteiger partial charge in [0, 0.05) is 0 Å². The molecule has 0 atom stereocenters. The third-order valence-corrected chi connectivity index (χ3v) is 1.53. The van der Waals surface area contributed by atoms with Gasteiger partial charge in [0.2, 0.25) is 0 Å². The van der Waals surface area contributed by atoms with Crippen molar-refractivity contribution in [2.75, 3.05) is 13.6 Å². The Morgan fingerprint density at radius 1 is 1.50 bits per heavy atom. The van der Waals surface area contributed by atoms with Gasteiger partial charge in [-0.2, -0.15) is 0 Å². The molecule has 0 rings (SSSR count). The quantitative estimate of drug-likeness (QED) is 0.458. The van der Waals surface area contributed by atoms with Crippen LogP contribution in [0, 0.1) is 0 Å². The van der Waals surface area contributed by atoms with Crippen LogP contribution in [0.1, 0.15) is 33.1 Å². The van der Waals surface area contributed by atoms with Crippen molar-refractivity contribution < 1.29 is 0 Å². The van der Waals surface area contributed by atoms with Gasteiger partial charge in [-0.05, 0) is 33.4 Å². The highest BCUT2D eigenvalue weighted by atomic mass is 14.8. The topological polar surface area (TPSA) is 12.0 Å². The van der Waals surface area contributed by atoms with Gasteiger partial charge in [-0.3, -0.25) is 0 Å². The molecule has 0 aromatic rings. The van der Waals surface area contributed by atoms with Crippen LogP contribution in [0.25, 0.3) is 0 Å². The van der Waals surface area contributed by atoms with Gasteiger partial charge in [0.05, 0.1) is 0 Å². The molecule has 0 saturated heterocycles. The molecule has 0 spiro atoms. The molecule has 1 nitrogen and oxygen atoms in total. The van der Waals surface area contributed by atoms with Crippen LogP contribution in [0.5, 0.6) is 0 Å². The molecule has 0 saturated carbocycles. The highest BCUT2D eigenvalue weighted by Crippen LogP contribution is 2.03. The third-order valence-electron chi connectivity index (χ3n) is 1.53. The molecular formula is C9H19N. The molecular weight excluding hydrogens is 122 g/mol. The summed E-state index contributed by atoms with van der Waals surface area (Å²) >= 11 is 0. The number of rotatable bonds is 5. The second kappa shape index (κ2) is 6.81. The maximum atomic E-state index is 3.12. The molecule has 0 unspecified atom stereocenters. The molecule has 60 valence electrons. The van der Waals surface area contributed by atoms with E-state index in [4.69, 9.17) is 0 Å². The van der Waals surface area contributed by atoms with E-state index in [1.807, 2.05) is 7.05 Å². The van der Waals surface area contributed by atoms with Crippen molar-refractivity contribution >= 4 is 0 Å². The standard InChI is InChI=1S/C9H19N/c1-4-6-9(2)7-5-8-10-3/h7,10H,4-6,8H2,1-3H3. The zero-order chi connectivity index (χ0) is 7.82. The predicted octanol–water partition coefficient (Wildman–Crippen LogP) is 2.34. The van der Waals surface area contributed by atoms with Crippen molar-refractivity contribution in [3.63, 3.8) is 0 Å². The summed E-state index contributed by atoms with van der Waals surface area (Å²) in [4.78, 5) is 0. The summed E-state index contributed by atoms with van der Waals surface area (Å²) in [6, 6.07) is 0. The molecule has 0 aliphatic carbocycles. The zero-order valence-corrected chi connectivity index (χ0v) is 7.41. The van der Waals surface area contributed by atoms with Crippen molar-refractivity contribution in [3.8, 4) is 0 Å². The van der Waals surface area contributed by atoms with E-state index in [1.165, 1.54) is 24.8 Å². The van der Waals surface area contributed by atoms with E-state index >= 15 is 0 Å². The molecule has 0 amide bonds. The Morgan fingerprint density at radius 2 is 2.20 bits per heavy atom. The fraction of sp³-hybridized carbons (Fsp3) is 0.778. The van der Waals surface area contributed by atoms with Gasteiger partial charge in [0.15, 0.2) is 0 Å². The summed E-state index contributed by atoms with van der Waals surface area (Å²) in [5.41, 5.74) is 1.53. The minimum absolute atomic E-state index is 1.10. The highest BCUT2D eigenvalue weighted by Gasteiger charge is 1.85. The van der Waals surface area contributed by atoms with Crippen molar-refractivity contribution in [3.05, 3.63) is 11.6 Å². The van der Waals surface area contributed by atoms with Crippen LogP contribution in [0.3, 0.4) is 0 Å². The van der Waals surface area contributed by atoms with Gasteiger partial charge < -0.3 is 5.32 Å². The smallest absolute Gasteiger partial charge is 0.00172 e. The summed E-state index contributed by atoms with van der Waals surface area (Å²) < 4.78 is 0. The van der Waals surface area contributed by atoms with Gasteiger partial charge >= 0.3 is 0 Å². The first-order valence-corrected chi connectivity index (χ1v) is 4.11. The lowest BCUT2D eigenvalue weighted by Gasteiger charge is -1.97. The molecule has 0 heterocycles. The first-order chi connectivity index (χ1) is 4.81. The summed E-state index contributed by atoms with van der Waals surface area (Å²) in [5, 5.41) is 3.12. The van der Waals surface area contributed by atoms with Gasteiger partial charge in [-0.25, -0.2) is 0 Å². The lowest BCUT2D eigenvalue weighted by molar-refractivity contribution is 0.797. The average Bonchev–Trinajstić information content (AvgIpc) is 1.89. The van der Waals surface area contributed by atoms with Crippen molar-refractivity contribution in [1.82, 2.24) is 5.32 Å². The monoisotopic (exact) mass is 141 g/mol. The van der Waals surface area contributed by atoms with Crippen molar-refractivity contribution in [2.24, 2.45) is 0 Å². The van der Waals surface area contributed by atoms with Gasteiger partial charge in [-0.1, -0.05) is 25.0 Å². The lowest BCUT2D eigenvalue weighted by Crippen LogP contribution is -2.05. The van der Waals surface area contributed by atoms with Crippen LogP contribution < -0.4 is 5.32 Å². The number of hydrogen-bond acceptors (Lipinski definition) is 1. The third kappa shape index (κ3) is 5.83. The summed E-state index contributed by atoms with van der Waals surface area (Å²) in [6.45, 7) is 5.52. The van der Waals surface area contributed by atoms with E-state index in [9.17, 15) is 0 Å². The lowest BCUT2D eigenvalue weighted by atomic mass is 10.1. The van der Waals surface area contributed by atoms with Crippen LogP contribution >= 0.6 is 0 Å². The van der Waals surface area contributed by atoms with Gasteiger partial charge in [0.25, 0.3) is 0 Å². The predicted molar refractivity (Wildman–Crippen MR) is 47.2 cm³/mol. The molecule has 10 heavy (non-hydrogen) atoms. The van der Waals surface area contributed by atoms with Crippen molar-refractivity contribution in [1.29, 1.82) is 0 Å². The second-order valence-electron chi connectivity index (χ2n) is 2.69. The maximum absolute atomic E-state index is 3.12. The first kappa shape index (κ1) is 9.70. The van der Waals surface area contributed by atoms with E-state index in [-0.39, 0.29) is 0 Å². The van der Waals surface area contributed by atoms with Crippen LogP contribution in [0.4, 0.5) is 0 Å². The van der Waals surface area contributed by atoms with Crippen LogP contribution in [-0.4, -0.2) is 13.6 Å². The molecule has 0 fully saturated rings. The molecule has 1 N–H and O–H groups in total. The molecule has 0 radical (unpaired) electrons. The number of hydrogen-bond donors (Lipinski definition) is 1. The number of allylic oxidation sites excluding steroid dienone is 1. The normalized spacial score (nSPS) is 12.1. The van der Waals surface area contributed by atoms with Crippen molar-refractivity contribution in [2.45, 2.75) is 33.1 Å². The molecule has 0 aromatic heterocycles. The number of nitrogens with one attached hydrogen (secondary N) is 1. The molecule has 0 aliphatic rings. The Bertz CT molecular complexity index is 94.9. The average molecular weight is 141 g/mol. The van der Waals surface area contributed by atoms with E-state index < -0.39 is 0 Å². The Kier molecular flexibility index (Phi) is 6.61. The van der Waals surface area contributed by atoms with E-state index in [1.54, 1.807) is 0 Å². The van der Waals surface area contributed by atoms with Gasteiger partial charge in [0.1, 0.15) is 0 Å². The van der Waals surface area contributed by atoms with Crippen LogP contribution in [0.2, 0.25) is 0 Å². The SMILES string of the molecule is CCCC(C)=CCCNC. The highest BCUT2D eigenvalue weighted by molar-refractivity contribution is 4.97. The minimum atomic E-state index is 1.10. The fourth-order valence-electron chi connectivity index (χ4n) is 0.959. The molecule has 1 heteroatoms. The minimum Gasteiger partial charge on any atom is -0.319 e. The summed E-state index contributed by atoms with van der Waals surface area (Å²) in [5.74, 6) is 0. The largest absolute Gasteiger partial charge is 0.319 e.